The molecule has 0 amide bonds. The molecule has 2 nitrogen and oxygen atoms in total. The van der Waals surface area contributed by atoms with Gasteiger partial charge in [-0.3, -0.25) is 4.79 Å². The number of carbonyl (C=O) groups is 1. The number of esters is 1. The van der Waals surface area contributed by atoms with Gasteiger partial charge in [-0.05, 0) is 18.6 Å². The molecule has 0 aliphatic carbocycles. The lowest BCUT2D eigenvalue weighted by atomic mass is 10.0. The van der Waals surface area contributed by atoms with Crippen LogP contribution < -0.4 is 4.74 Å². The Morgan fingerprint density at radius 3 is 2.44 bits per heavy atom. The second kappa shape index (κ2) is 8.73. The van der Waals surface area contributed by atoms with Gasteiger partial charge in [-0.2, -0.15) is 0 Å². The largest absolute Gasteiger partial charge is 0.426 e. The van der Waals surface area contributed by atoms with Gasteiger partial charge in [-0.25, -0.2) is 0 Å². The monoisotopic (exact) mass is 248 g/mol. The van der Waals surface area contributed by atoms with Crippen molar-refractivity contribution >= 4 is 5.97 Å². The predicted octanol–water partition coefficient (Wildman–Crippen LogP) is 4.59. The summed E-state index contributed by atoms with van der Waals surface area (Å²) < 4.78 is 5.32. The van der Waals surface area contributed by atoms with Crippen LogP contribution in [0.3, 0.4) is 0 Å². The molecule has 0 spiro atoms. The lowest BCUT2D eigenvalue weighted by Crippen LogP contribution is -2.17. The van der Waals surface area contributed by atoms with Crippen molar-refractivity contribution in [2.45, 2.75) is 52.4 Å². The van der Waals surface area contributed by atoms with E-state index in [-0.39, 0.29) is 11.9 Å². The van der Waals surface area contributed by atoms with Gasteiger partial charge >= 0.3 is 5.97 Å². The van der Waals surface area contributed by atoms with E-state index in [9.17, 15) is 4.79 Å². The Bertz CT molecular complexity index is 332. The molecule has 2 heteroatoms. The second-order valence-electron chi connectivity index (χ2n) is 4.84. The summed E-state index contributed by atoms with van der Waals surface area (Å²) in [7, 11) is 0. The van der Waals surface area contributed by atoms with Gasteiger partial charge in [0.2, 0.25) is 0 Å². The molecule has 0 aliphatic heterocycles. The topological polar surface area (TPSA) is 26.3 Å². The van der Waals surface area contributed by atoms with Gasteiger partial charge < -0.3 is 4.74 Å². The van der Waals surface area contributed by atoms with Crippen LogP contribution in [0.1, 0.15) is 52.4 Å². The molecule has 0 radical (unpaired) electrons. The summed E-state index contributed by atoms with van der Waals surface area (Å²) in [6.45, 7) is 4.16. The maximum absolute atomic E-state index is 11.8. The van der Waals surface area contributed by atoms with Gasteiger partial charge in [0.25, 0.3) is 0 Å². The van der Waals surface area contributed by atoms with E-state index in [0.29, 0.717) is 5.75 Å². The van der Waals surface area contributed by atoms with Crippen molar-refractivity contribution in [1.82, 2.24) is 0 Å². The molecule has 1 atom stereocenters. The van der Waals surface area contributed by atoms with Gasteiger partial charge in [0.05, 0.1) is 5.92 Å². The van der Waals surface area contributed by atoms with Gasteiger partial charge in [-0.1, -0.05) is 64.2 Å². The first-order valence-electron chi connectivity index (χ1n) is 7.00. The molecule has 1 aromatic rings. The number of unbranched alkanes of at least 4 members (excludes halogenated alkanes) is 4. The molecule has 0 saturated carbocycles. The number of ether oxygens (including phenoxy) is 1. The van der Waals surface area contributed by atoms with Crippen LogP contribution in [0.25, 0.3) is 0 Å². The Morgan fingerprint density at radius 1 is 1.11 bits per heavy atom. The molecule has 0 N–H and O–H groups in total. The standard InChI is InChI=1S/C16H24O2/c1-3-4-5-6-8-11-14(2)16(17)18-15-12-9-7-10-13-15/h7,9-10,12-14H,3-6,8,11H2,1-2H3. The third-order valence-corrected chi connectivity index (χ3v) is 3.10. The van der Waals surface area contributed by atoms with E-state index in [1.807, 2.05) is 37.3 Å². The predicted molar refractivity (Wildman–Crippen MR) is 74.6 cm³/mol. The second-order valence-corrected chi connectivity index (χ2v) is 4.84. The van der Waals surface area contributed by atoms with Crippen LogP contribution in [0.2, 0.25) is 0 Å². The lowest BCUT2D eigenvalue weighted by Gasteiger charge is -2.10. The summed E-state index contributed by atoms with van der Waals surface area (Å²) >= 11 is 0. The van der Waals surface area contributed by atoms with Crippen LogP contribution >= 0.6 is 0 Å². The molecule has 1 aromatic carbocycles. The fourth-order valence-electron chi connectivity index (χ4n) is 1.88. The van der Waals surface area contributed by atoms with E-state index in [4.69, 9.17) is 4.74 Å². The van der Waals surface area contributed by atoms with Crippen LogP contribution in [-0.2, 0) is 4.79 Å². The van der Waals surface area contributed by atoms with Crippen molar-refractivity contribution in [3.05, 3.63) is 30.3 Å². The highest BCUT2D eigenvalue weighted by molar-refractivity contribution is 5.74. The first-order chi connectivity index (χ1) is 8.74. The number of rotatable bonds is 8. The Balaban J connectivity index is 2.21. The van der Waals surface area contributed by atoms with Crippen molar-refractivity contribution in [2.75, 3.05) is 0 Å². The summed E-state index contributed by atoms with van der Waals surface area (Å²) in [6, 6.07) is 9.28. The molecule has 1 rings (SSSR count). The summed E-state index contributed by atoms with van der Waals surface area (Å²) in [5, 5.41) is 0. The number of hydrogen-bond acceptors (Lipinski definition) is 2. The molecule has 0 saturated heterocycles. The normalized spacial score (nSPS) is 12.1. The Labute approximate surface area is 110 Å². The van der Waals surface area contributed by atoms with Gasteiger partial charge in [0.15, 0.2) is 0 Å². The molecule has 18 heavy (non-hydrogen) atoms. The minimum absolute atomic E-state index is 0.00756. The van der Waals surface area contributed by atoms with Crippen molar-refractivity contribution in [3.63, 3.8) is 0 Å². The first kappa shape index (κ1) is 14.7. The number of para-hydroxylation sites is 1. The van der Waals surface area contributed by atoms with Crippen LogP contribution in [0.5, 0.6) is 5.75 Å². The average Bonchev–Trinajstić information content (AvgIpc) is 2.39. The Morgan fingerprint density at radius 2 is 1.78 bits per heavy atom. The zero-order valence-electron chi connectivity index (χ0n) is 11.5. The van der Waals surface area contributed by atoms with E-state index in [2.05, 4.69) is 6.92 Å². The minimum atomic E-state index is -0.114. The summed E-state index contributed by atoms with van der Waals surface area (Å²) in [4.78, 5) is 11.8. The van der Waals surface area contributed by atoms with Gasteiger partial charge in [0.1, 0.15) is 5.75 Å². The highest BCUT2D eigenvalue weighted by atomic mass is 16.5. The molecular weight excluding hydrogens is 224 g/mol. The molecular formula is C16H24O2. The highest BCUT2D eigenvalue weighted by Gasteiger charge is 2.14. The van der Waals surface area contributed by atoms with E-state index < -0.39 is 0 Å². The molecule has 0 aliphatic rings. The molecule has 0 aromatic heterocycles. The van der Waals surface area contributed by atoms with E-state index in [0.717, 1.165) is 12.8 Å². The fourth-order valence-corrected chi connectivity index (χ4v) is 1.88. The summed E-state index contributed by atoms with van der Waals surface area (Å²) in [5.41, 5.74) is 0. The van der Waals surface area contributed by atoms with Crippen LogP contribution in [0, 0.1) is 5.92 Å². The average molecular weight is 248 g/mol. The van der Waals surface area contributed by atoms with Crippen molar-refractivity contribution < 1.29 is 9.53 Å². The Kier molecular flexibility index (Phi) is 7.16. The minimum Gasteiger partial charge on any atom is -0.426 e. The molecule has 0 fully saturated rings. The van der Waals surface area contributed by atoms with Gasteiger partial charge in [-0.15, -0.1) is 0 Å². The fraction of sp³-hybridized carbons (Fsp3) is 0.562. The smallest absolute Gasteiger partial charge is 0.314 e. The Hall–Kier alpha value is -1.31. The molecule has 100 valence electrons. The van der Waals surface area contributed by atoms with Gasteiger partial charge in [0, 0.05) is 0 Å². The zero-order valence-corrected chi connectivity index (χ0v) is 11.5. The molecule has 0 heterocycles. The quantitative estimate of drug-likeness (QED) is 0.382. The maximum Gasteiger partial charge on any atom is 0.314 e. The highest BCUT2D eigenvalue weighted by Crippen LogP contribution is 2.15. The number of carbonyl (C=O) groups excluding carboxylic acids is 1. The van der Waals surface area contributed by atoms with Crippen LogP contribution in [0.15, 0.2) is 30.3 Å². The van der Waals surface area contributed by atoms with E-state index in [1.54, 1.807) is 0 Å². The van der Waals surface area contributed by atoms with Crippen LogP contribution in [0.4, 0.5) is 0 Å². The SMILES string of the molecule is CCCCCCCC(C)C(=O)Oc1ccccc1. The molecule has 0 bridgehead atoms. The third kappa shape index (κ3) is 5.85. The van der Waals surface area contributed by atoms with Crippen molar-refractivity contribution in [1.29, 1.82) is 0 Å². The maximum atomic E-state index is 11.8. The van der Waals surface area contributed by atoms with E-state index >= 15 is 0 Å². The number of hydrogen-bond donors (Lipinski definition) is 0. The summed E-state index contributed by atoms with van der Waals surface area (Å²) in [6.07, 6.45) is 7.09. The first-order valence-corrected chi connectivity index (χ1v) is 7.00. The molecule has 1 unspecified atom stereocenters. The van der Waals surface area contributed by atoms with Crippen molar-refractivity contribution in [2.24, 2.45) is 5.92 Å². The third-order valence-electron chi connectivity index (χ3n) is 3.10. The summed E-state index contributed by atoms with van der Waals surface area (Å²) in [5.74, 6) is 0.517. The number of benzene rings is 1. The lowest BCUT2D eigenvalue weighted by molar-refractivity contribution is -0.138. The van der Waals surface area contributed by atoms with Crippen LogP contribution in [-0.4, -0.2) is 5.97 Å². The van der Waals surface area contributed by atoms with Crippen molar-refractivity contribution in [3.8, 4) is 5.75 Å². The zero-order chi connectivity index (χ0) is 13.2. The van der Waals surface area contributed by atoms with E-state index in [1.165, 1.54) is 25.7 Å².